The van der Waals surface area contributed by atoms with Crippen LogP contribution < -0.4 is 10.7 Å². The van der Waals surface area contributed by atoms with E-state index in [0.29, 0.717) is 5.57 Å². The number of para-hydroxylation sites is 1. The number of allylic oxidation sites excluding steroid dienone is 1. The van der Waals surface area contributed by atoms with Crippen LogP contribution in [0.15, 0.2) is 47.1 Å². The minimum absolute atomic E-state index is 0.179. The number of hydrazone groups is 1. The monoisotopic (exact) mass is 201 g/mol. The van der Waals surface area contributed by atoms with E-state index in [1.165, 1.54) is 5.01 Å². The van der Waals surface area contributed by atoms with Crippen molar-refractivity contribution in [2.75, 3.05) is 5.01 Å². The number of carbonyl (C=O) groups is 1. The van der Waals surface area contributed by atoms with Crippen molar-refractivity contribution >= 4 is 17.4 Å². The lowest BCUT2D eigenvalue weighted by molar-refractivity contribution is -0.114. The molecule has 15 heavy (non-hydrogen) atoms. The van der Waals surface area contributed by atoms with Gasteiger partial charge in [0.05, 0.1) is 11.3 Å². The summed E-state index contributed by atoms with van der Waals surface area (Å²) in [7, 11) is 0. The number of anilines is 1. The number of amides is 1. The smallest absolute Gasteiger partial charge is 0.282 e. The van der Waals surface area contributed by atoms with Gasteiger partial charge in [0, 0.05) is 0 Å². The first-order valence-electron chi connectivity index (χ1n) is 4.64. The van der Waals surface area contributed by atoms with Gasteiger partial charge in [-0.15, -0.1) is 5.10 Å². The molecule has 0 fully saturated rings. The van der Waals surface area contributed by atoms with E-state index in [0.717, 1.165) is 5.69 Å². The molecule has 0 aliphatic carbocycles. The van der Waals surface area contributed by atoms with E-state index < -0.39 is 0 Å². The second kappa shape index (κ2) is 3.57. The van der Waals surface area contributed by atoms with Crippen molar-refractivity contribution in [1.29, 1.82) is 0 Å². The first kappa shape index (κ1) is 9.45. The van der Waals surface area contributed by atoms with Gasteiger partial charge in [-0.1, -0.05) is 24.3 Å². The zero-order chi connectivity index (χ0) is 10.8. The molecule has 1 heterocycles. The van der Waals surface area contributed by atoms with Gasteiger partial charge >= 0.3 is 0 Å². The number of benzene rings is 1. The van der Waals surface area contributed by atoms with Gasteiger partial charge < -0.3 is 5.73 Å². The molecule has 0 atom stereocenters. The van der Waals surface area contributed by atoms with E-state index in [4.69, 9.17) is 5.73 Å². The quantitative estimate of drug-likeness (QED) is 0.695. The average Bonchev–Trinajstić information content (AvgIpc) is 2.55. The number of carbonyl (C=O) groups excluding carboxylic acids is 1. The minimum atomic E-state index is -0.179. The van der Waals surface area contributed by atoms with Gasteiger partial charge in [0.25, 0.3) is 5.91 Å². The number of rotatable bonds is 1. The van der Waals surface area contributed by atoms with Crippen molar-refractivity contribution in [3.05, 3.63) is 42.0 Å². The molecular formula is C11H11N3O. The minimum Gasteiger partial charge on any atom is -0.382 e. The molecule has 76 valence electrons. The fourth-order valence-corrected chi connectivity index (χ4v) is 1.45. The van der Waals surface area contributed by atoms with Crippen LogP contribution in [0.25, 0.3) is 0 Å². The van der Waals surface area contributed by atoms with Crippen LogP contribution in [0.5, 0.6) is 0 Å². The van der Waals surface area contributed by atoms with Crippen LogP contribution in [0, 0.1) is 0 Å². The van der Waals surface area contributed by atoms with Gasteiger partial charge in [-0.25, -0.2) is 0 Å². The molecule has 4 heteroatoms. The summed E-state index contributed by atoms with van der Waals surface area (Å²) in [6.07, 6.45) is 1.67. The summed E-state index contributed by atoms with van der Waals surface area (Å²) in [4.78, 5) is 11.8. The Labute approximate surface area is 87.7 Å². The number of hydrogen-bond acceptors (Lipinski definition) is 3. The molecule has 0 saturated heterocycles. The lowest BCUT2D eigenvalue weighted by Gasteiger charge is -2.10. The second-order valence-corrected chi connectivity index (χ2v) is 3.14. The fourth-order valence-electron chi connectivity index (χ4n) is 1.45. The summed E-state index contributed by atoms with van der Waals surface area (Å²) in [5.41, 5.74) is 6.81. The van der Waals surface area contributed by atoms with Crippen molar-refractivity contribution in [2.45, 2.75) is 6.92 Å². The Kier molecular flexibility index (Phi) is 2.25. The highest BCUT2D eigenvalue weighted by molar-refractivity contribution is 6.29. The highest BCUT2D eigenvalue weighted by Crippen LogP contribution is 2.21. The topological polar surface area (TPSA) is 58.7 Å². The van der Waals surface area contributed by atoms with Gasteiger partial charge in [-0.3, -0.25) is 4.79 Å². The Morgan fingerprint density at radius 3 is 2.53 bits per heavy atom. The Morgan fingerprint density at radius 2 is 2.00 bits per heavy atom. The molecule has 0 bridgehead atoms. The summed E-state index contributed by atoms with van der Waals surface area (Å²) in [6, 6.07) is 9.21. The lowest BCUT2D eigenvalue weighted by Crippen LogP contribution is -2.21. The number of nitrogens with two attached hydrogens (primary N) is 1. The number of hydrogen-bond donors (Lipinski definition) is 1. The zero-order valence-corrected chi connectivity index (χ0v) is 8.34. The van der Waals surface area contributed by atoms with Crippen LogP contribution >= 0.6 is 0 Å². The highest BCUT2D eigenvalue weighted by Gasteiger charge is 2.28. The first-order valence-corrected chi connectivity index (χ1v) is 4.64. The van der Waals surface area contributed by atoms with E-state index >= 15 is 0 Å². The molecule has 1 aliphatic heterocycles. The molecule has 0 radical (unpaired) electrons. The molecule has 1 aliphatic rings. The third-order valence-corrected chi connectivity index (χ3v) is 2.20. The third-order valence-electron chi connectivity index (χ3n) is 2.20. The average molecular weight is 201 g/mol. The molecule has 0 spiro atoms. The van der Waals surface area contributed by atoms with Crippen molar-refractivity contribution in [3.63, 3.8) is 0 Å². The fraction of sp³-hybridized carbons (Fsp3) is 0.0909. The second-order valence-electron chi connectivity index (χ2n) is 3.14. The highest BCUT2D eigenvalue weighted by atomic mass is 16.2. The standard InChI is InChI=1S/C11H11N3O/c1-2-9-10(12)13-14(11(9)15)8-6-4-3-5-7-8/h2-7H,1H3,(H2,12,13)/b9-2+. The summed E-state index contributed by atoms with van der Waals surface area (Å²) < 4.78 is 0. The van der Waals surface area contributed by atoms with E-state index in [2.05, 4.69) is 5.10 Å². The Morgan fingerprint density at radius 1 is 1.33 bits per heavy atom. The molecule has 1 aromatic carbocycles. The maximum atomic E-state index is 11.8. The molecule has 2 N–H and O–H groups in total. The normalized spacial score (nSPS) is 18.5. The third kappa shape index (κ3) is 1.50. The molecule has 4 nitrogen and oxygen atoms in total. The van der Waals surface area contributed by atoms with E-state index in [1.54, 1.807) is 13.0 Å². The summed E-state index contributed by atoms with van der Waals surface area (Å²) in [5, 5.41) is 5.31. The summed E-state index contributed by atoms with van der Waals surface area (Å²) in [6.45, 7) is 1.77. The van der Waals surface area contributed by atoms with Gasteiger partial charge in [-0.2, -0.15) is 5.01 Å². The van der Waals surface area contributed by atoms with Crippen molar-refractivity contribution < 1.29 is 4.79 Å². The maximum absolute atomic E-state index is 11.8. The Balaban J connectivity index is 2.40. The van der Waals surface area contributed by atoms with Crippen LogP contribution in [-0.2, 0) is 4.79 Å². The largest absolute Gasteiger partial charge is 0.382 e. The van der Waals surface area contributed by atoms with Gasteiger partial charge in [-0.05, 0) is 19.1 Å². The molecule has 2 rings (SSSR count). The van der Waals surface area contributed by atoms with Crippen molar-refractivity contribution in [1.82, 2.24) is 0 Å². The molecule has 0 unspecified atom stereocenters. The van der Waals surface area contributed by atoms with E-state index in [-0.39, 0.29) is 11.7 Å². The van der Waals surface area contributed by atoms with Gasteiger partial charge in [0.1, 0.15) is 0 Å². The van der Waals surface area contributed by atoms with Crippen LogP contribution in [0.2, 0.25) is 0 Å². The molecule has 1 amide bonds. The Hall–Kier alpha value is -2.10. The molecular weight excluding hydrogens is 190 g/mol. The number of amidine groups is 1. The predicted octanol–water partition coefficient (Wildman–Crippen LogP) is 1.25. The molecule has 0 saturated carbocycles. The van der Waals surface area contributed by atoms with Gasteiger partial charge in [0.2, 0.25) is 0 Å². The summed E-state index contributed by atoms with van der Waals surface area (Å²) in [5.74, 6) is 0.0903. The molecule has 0 aromatic heterocycles. The first-order chi connectivity index (χ1) is 7.24. The van der Waals surface area contributed by atoms with Crippen molar-refractivity contribution in [3.8, 4) is 0 Å². The SMILES string of the molecule is C/C=C1/C(=O)N(c2ccccc2)N=C1N. The lowest BCUT2D eigenvalue weighted by atomic mass is 10.2. The van der Waals surface area contributed by atoms with Crippen LogP contribution in [-0.4, -0.2) is 11.7 Å². The molecule has 1 aromatic rings. The van der Waals surface area contributed by atoms with Crippen LogP contribution in [0.1, 0.15) is 6.92 Å². The Bertz CT molecular complexity index is 448. The van der Waals surface area contributed by atoms with E-state index in [1.807, 2.05) is 30.3 Å². The van der Waals surface area contributed by atoms with Crippen LogP contribution in [0.3, 0.4) is 0 Å². The number of nitrogens with zero attached hydrogens (tertiary/aromatic N) is 2. The van der Waals surface area contributed by atoms with Crippen molar-refractivity contribution in [2.24, 2.45) is 10.8 Å². The van der Waals surface area contributed by atoms with Gasteiger partial charge in [0.15, 0.2) is 5.84 Å². The van der Waals surface area contributed by atoms with Crippen LogP contribution in [0.4, 0.5) is 5.69 Å². The van der Waals surface area contributed by atoms with E-state index in [9.17, 15) is 4.79 Å². The maximum Gasteiger partial charge on any atom is 0.282 e. The zero-order valence-electron chi connectivity index (χ0n) is 8.34. The predicted molar refractivity (Wildman–Crippen MR) is 59.3 cm³/mol. The summed E-state index contributed by atoms with van der Waals surface area (Å²) >= 11 is 0.